The molecule has 3 rings (SSSR count). The van der Waals surface area contributed by atoms with Crippen LogP contribution in [0, 0.1) is 0 Å². The van der Waals surface area contributed by atoms with Crippen LogP contribution in [-0.2, 0) is 16.6 Å². The molecule has 2 amide bonds. The van der Waals surface area contributed by atoms with E-state index in [0.717, 1.165) is 10.6 Å². The van der Waals surface area contributed by atoms with Crippen LogP contribution in [0.2, 0.25) is 10.0 Å². The Morgan fingerprint density at radius 2 is 1.53 bits per heavy atom. The van der Waals surface area contributed by atoms with Crippen molar-refractivity contribution in [1.29, 1.82) is 0 Å². The van der Waals surface area contributed by atoms with Crippen LogP contribution in [0.4, 0.5) is 11.4 Å². The molecule has 0 atom stereocenters. The van der Waals surface area contributed by atoms with Crippen molar-refractivity contribution in [1.82, 2.24) is 0 Å². The van der Waals surface area contributed by atoms with E-state index in [1.54, 1.807) is 36.4 Å². The number of sulfonamides is 1. The topological polar surface area (TPSA) is 110 Å². The average Bonchev–Trinajstić information content (AvgIpc) is 2.73. The van der Waals surface area contributed by atoms with Crippen molar-refractivity contribution >= 4 is 56.4 Å². The fraction of sp³-hybridized carbons (Fsp3) is 0.0909. The summed E-state index contributed by atoms with van der Waals surface area (Å²) in [5.74, 6) is -1.15. The molecule has 0 spiro atoms. The van der Waals surface area contributed by atoms with Crippen LogP contribution in [0.25, 0.3) is 0 Å². The van der Waals surface area contributed by atoms with E-state index >= 15 is 0 Å². The fourth-order valence-electron chi connectivity index (χ4n) is 3.01. The predicted octanol–water partition coefficient (Wildman–Crippen LogP) is 4.31. The molecule has 0 unspecified atom stereocenters. The lowest BCUT2D eigenvalue weighted by Crippen LogP contribution is -2.29. The molecule has 3 N–H and O–H groups in total. The van der Waals surface area contributed by atoms with Gasteiger partial charge in [-0.05, 0) is 48.5 Å². The van der Waals surface area contributed by atoms with Gasteiger partial charge in [-0.1, -0.05) is 41.4 Å². The summed E-state index contributed by atoms with van der Waals surface area (Å²) < 4.78 is 26.0. The van der Waals surface area contributed by atoms with Crippen molar-refractivity contribution < 1.29 is 18.0 Å². The number of benzene rings is 3. The maximum atomic E-state index is 12.6. The number of carbonyl (C=O) groups excluding carboxylic acids is 2. The van der Waals surface area contributed by atoms with Gasteiger partial charge >= 0.3 is 0 Å². The van der Waals surface area contributed by atoms with Gasteiger partial charge in [-0.3, -0.25) is 13.9 Å². The van der Waals surface area contributed by atoms with E-state index in [-0.39, 0.29) is 23.4 Å². The second-order valence-corrected chi connectivity index (χ2v) is 9.60. The van der Waals surface area contributed by atoms with Crippen LogP contribution in [0.1, 0.15) is 26.3 Å². The lowest BCUT2D eigenvalue weighted by molar-refractivity contribution is 0.100. The molecule has 10 heteroatoms. The molecule has 0 aromatic heterocycles. The number of hydrogen-bond donors (Lipinski definition) is 2. The van der Waals surface area contributed by atoms with Crippen molar-refractivity contribution in [3.05, 3.63) is 93.5 Å². The van der Waals surface area contributed by atoms with E-state index in [2.05, 4.69) is 5.32 Å². The maximum absolute atomic E-state index is 12.6. The normalized spacial score (nSPS) is 11.1. The average molecular weight is 492 g/mol. The number of halogens is 2. The lowest BCUT2D eigenvalue weighted by Gasteiger charge is -2.23. The molecule has 0 aliphatic carbocycles. The Kier molecular flexibility index (Phi) is 7.08. The summed E-state index contributed by atoms with van der Waals surface area (Å²) in [5, 5.41) is 3.32. The third-order valence-corrected chi connectivity index (χ3v) is 6.47. The molecule has 0 aliphatic heterocycles. The Hall–Kier alpha value is -3.07. The number of primary amides is 1. The second-order valence-electron chi connectivity index (χ2n) is 6.88. The van der Waals surface area contributed by atoms with Gasteiger partial charge in [0.15, 0.2) is 0 Å². The number of hydrogen-bond acceptors (Lipinski definition) is 4. The lowest BCUT2D eigenvalue weighted by atomic mass is 10.1. The van der Waals surface area contributed by atoms with E-state index < -0.39 is 21.8 Å². The van der Waals surface area contributed by atoms with Gasteiger partial charge in [-0.2, -0.15) is 0 Å². The highest BCUT2D eigenvalue weighted by Gasteiger charge is 2.21. The van der Waals surface area contributed by atoms with Gasteiger partial charge in [0.25, 0.3) is 11.8 Å². The van der Waals surface area contributed by atoms with Crippen molar-refractivity contribution in [2.75, 3.05) is 15.9 Å². The summed E-state index contributed by atoms with van der Waals surface area (Å²) >= 11 is 12.4. The fourth-order valence-corrected chi connectivity index (χ4v) is 4.39. The monoisotopic (exact) mass is 491 g/mol. The molecule has 0 radical (unpaired) electrons. The van der Waals surface area contributed by atoms with Gasteiger partial charge in [-0.25, -0.2) is 8.42 Å². The molecular formula is C22H19Cl2N3O4S. The smallest absolute Gasteiger partial charge is 0.255 e. The molecule has 0 bridgehead atoms. The first-order valence-electron chi connectivity index (χ1n) is 9.29. The standard InChI is InChI=1S/C22H19Cl2N3O4S/c1-32(30,31)27(13-17-18(23)6-4-7-19(17)24)15-11-9-14(10-12-15)22(29)26-20-8-3-2-5-16(20)21(25)28/h2-12H,13H2,1H3,(H2,25,28)(H,26,29). The van der Waals surface area contributed by atoms with Gasteiger partial charge in [-0.15, -0.1) is 0 Å². The van der Waals surface area contributed by atoms with E-state index in [4.69, 9.17) is 28.9 Å². The summed E-state index contributed by atoms with van der Waals surface area (Å²) in [5.41, 5.74) is 6.85. The van der Waals surface area contributed by atoms with Crippen LogP contribution in [0.3, 0.4) is 0 Å². The first-order chi connectivity index (χ1) is 15.1. The minimum atomic E-state index is -3.68. The Morgan fingerprint density at radius 1 is 0.938 bits per heavy atom. The zero-order valence-electron chi connectivity index (χ0n) is 16.9. The number of anilines is 2. The molecule has 7 nitrogen and oxygen atoms in total. The zero-order chi connectivity index (χ0) is 23.5. The molecular weight excluding hydrogens is 473 g/mol. The molecule has 0 heterocycles. The van der Waals surface area contributed by atoms with Crippen LogP contribution in [-0.4, -0.2) is 26.5 Å². The highest BCUT2D eigenvalue weighted by atomic mass is 35.5. The van der Waals surface area contributed by atoms with Gasteiger partial charge in [0.1, 0.15) is 0 Å². The summed E-state index contributed by atoms with van der Waals surface area (Å²) in [4.78, 5) is 24.2. The molecule has 3 aromatic rings. The van der Waals surface area contributed by atoms with Crippen molar-refractivity contribution in [3.8, 4) is 0 Å². The first kappa shape index (κ1) is 23.6. The second kappa shape index (κ2) is 9.60. The molecule has 0 saturated carbocycles. The Bertz CT molecular complexity index is 1260. The molecule has 32 heavy (non-hydrogen) atoms. The van der Waals surface area contributed by atoms with E-state index in [9.17, 15) is 18.0 Å². The maximum Gasteiger partial charge on any atom is 0.255 e. The van der Waals surface area contributed by atoms with Crippen molar-refractivity contribution in [2.24, 2.45) is 5.73 Å². The summed E-state index contributed by atoms with van der Waals surface area (Å²) in [7, 11) is -3.68. The summed E-state index contributed by atoms with van der Waals surface area (Å²) in [6, 6.07) is 17.2. The molecule has 0 saturated heterocycles. The van der Waals surface area contributed by atoms with E-state index in [1.807, 2.05) is 0 Å². The molecule has 3 aromatic carbocycles. The summed E-state index contributed by atoms with van der Waals surface area (Å²) in [6.07, 6.45) is 1.07. The van der Waals surface area contributed by atoms with Crippen LogP contribution >= 0.6 is 23.2 Å². The number of carbonyl (C=O) groups is 2. The third kappa shape index (κ3) is 5.40. The predicted molar refractivity (Wildman–Crippen MR) is 127 cm³/mol. The van der Waals surface area contributed by atoms with E-state index in [1.165, 1.54) is 30.3 Å². The third-order valence-electron chi connectivity index (χ3n) is 4.62. The number of nitrogens with one attached hydrogen (secondary N) is 1. The molecule has 0 fully saturated rings. The largest absolute Gasteiger partial charge is 0.366 e. The van der Waals surface area contributed by atoms with Gasteiger partial charge in [0.05, 0.1) is 29.7 Å². The first-order valence-corrected chi connectivity index (χ1v) is 11.9. The number of nitrogens with two attached hydrogens (primary N) is 1. The number of amides is 2. The zero-order valence-corrected chi connectivity index (χ0v) is 19.2. The Labute approximate surface area is 195 Å². The molecule has 166 valence electrons. The molecule has 0 aliphatic rings. The minimum absolute atomic E-state index is 0.0745. The summed E-state index contributed by atoms with van der Waals surface area (Å²) in [6.45, 7) is -0.0745. The van der Waals surface area contributed by atoms with Crippen LogP contribution < -0.4 is 15.4 Å². The van der Waals surface area contributed by atoms with E-state index in [0.29, 0.717) is 21.3 Å². The van der Waals surface area contributed by atoms with Crippen LogP contribution in [0.15, 0.2) is 66.7 Å². The highest BCUT2D eigenvalue weighted by molar-refractivity contribution is 7.92. The van der Waals surface area contributed by atoms with Gasteiger partial charge in [0.2, 0.25) is 10.0 Å². The minimum Gasteiger partial charge on any atom is -0.366 e. The number of para-hydroxylation sites is 1. The highest BCUT2D eigenvalue weighted by Crippen LogP contribution is 2.29. The quantitative estimate of drug-likeness (QED) is 0.512. The van der Waals surface area contributed by atoms with Gasteiger partial charge < -0.3 is 11.1 Å². The van der Waals surface area contributed by atoms with Gasteiger partial charge in [0, 0.05) is 21.2 Å². The Balaban J connectivity index is 1.87. The van der Waals surface area contributed by atoms with Crippen molar-refractivity contribution in [3.63, 3.8) is 0 Å². The SMILES string of the molecule is CS(=O)(=O)N(Cc1c(Cl)cccc1Cl)c1ccc(C(=O)Nc2ccccc2C(N)=O)cc1. The number of nitrogens with zero attached hydrogens (tertiary/aromatic N) is 1. The Morgan fingerprint density at radius 3 is 2.09 bits per heavy atom. The number of rotatable bonds is 7. The van der Waals surface area contributed by atoms with Crippen molar-refractivity contribution in [2.45, 2.75) is 6.54 Å². The van der Waals surface area contributed by atoms with Crippen LogP contribution in [0.5, 0.6) is 0 Å².